The van der Waals surface area contributed by atoms with Gasteiger partial charge in [0.15, 0.2) is 0 Å². The van der Waals surface area contributed by atoms with E-state index in [0.717, 1.165) is 19.3 Å². The van der Waals surface area contributed by atoms with E-state index in [1.807, 2.05) is 0 Å². The average molecular weight is 206 g/mol. The third-order valence-corrected chi connectivity index (χ3v) is 1.73. The van der Waals surface area contributed by atoms with Crippen LogP contribution in [-0.4, -0.2) is 0 Å². The Bertz CT molecular complexity index is 224. The fraction of sp³-hybridized carbons (Fsp3) is 0.500. The molecule has 0 aromatic rings. The van der Waals surface area contributed by atoms with Crippen LogP contribution in [0, 0.1) is 22.7 Å². The van der Waals surface area contributed by atoms with Crippen LogP contribution < -0.4 is 51.4 Å². The summed E-state index contributed by atoms with van der Waals surface area (Å²) in [5.74, 6) is 0. The molecule has 0 aliphatic rings. The zero-order valence-electron chi connectivity index (χ0n) is 8.46. The predicted molar refractivity (Wildman–Crippen MR) is 47.9 cm³/mol. The van der Waals surface area contributed by atoms with E-state index in [9.17, 15) is 0 Å². The molecule has 0 aromatic heterocycles. The molecule has 0 amide bonds. The first-order valence-electron chi connectivity index (χ1n) is 3.48. The zero-order valence-corrected chi connectivity index (χ0v) is 11.5. The van der Waals surface area contributed by atoms with Gasteiger partial charge in [0, 0.05) is 4.91 Å². The van der Waals surface area contributed by atoms with Crippen molar-refractivity contribution >= 4 is 12.6 Å². The van der Waals surface area contributed by atoms with Crippen LogP contribution >= 0.6 is 12.6 Å². The molecule has 0 rings (SSSR count). The second-order valence-electron chi connectivity index (χ2n) is 2.15. The number of unbranched alkanes of at least 4 members (excludes halogenated alkanes) is 1. The predicted octanol–water partition coefficient (Wildman–Crippen LogP) is -0.476. The average Bonchev–Trinajstić information content (AvgIpc) is 2.03. The van der Waals surface area contributed by atoms with Crippen molar-refractivity contribution in [2.45, 2.75) is 26.2 Å². The summed E-state index contributed by atoms with van der Waals surface area (Å²) >= 11 is 4.05. The van der Waals surface area contributed by atoms with Gasteiger partial charge in [0.1, 0.15) is 17.7 Å². The number of nitriles is 2. The molecule has 0 unspecified atom stereocenters. The minimum Gasteiger partial charge on any atom is -1.00 e. The quantitative estimate of drug-likeness (QED) is 0.385. The molecule has 60 valence electrons. The molecule has 0 saturated carbocycles. The van der Waals surface area contributed by atoms with E-state index < -0.39 is 0 Å². The van der Waals surface area contributed by atoms with Crippen LogP contribution in [0.2, 0.25) is 0 Å². The van der Waals surface area contributed by atoms with Crippen LogP contribution in [0.15, 0.2) is 10.5 Å². The van der Waals surface area contributed by atoms with Gasteiger partial charge in [-0.05, 0) is 12.8 Å². The van der Waals surface area contributed by atoms with Gasteiger partial charge in [-0.3, -0.25) is 0 Å². The first-order valence-corrected chi connectivity index (χ1v) is 3.93. The van der Waals surface area contributed by atoms with Crippen LogP contribution in [-0.2, 0) is 0 Å². The third kappa shape index (κ3) is 6.25. The molecule has 0 aromatic carbocycles. The maximum atomic E-state index is 8.42. The Morgan fingerprint density at radius 2 is 1.92 bits per heavy atom. The fourth-order valence-electron chi connectivity index (χ4n) is 0.623. The van der Waals surface area contributed by atoms with E-state index in [4.69, 9.17) is 10.5 Å². The molecule has 0 radical (unpaired) electrons. The van der Waals surface area contributed by atoms with E-state index in [0.29, 0.717) is 4.91 Å². The molecule has 0 N–H and O–H groups in total. The van der Waals surface area contributed by atoms with E-state index >= 15 is 0 Å². The number of allylic oxidation sites excluding steroid dienone is 2. The third-order valence-electron chi connectivity index (χ3n) is 1.28. The van der Waals surface area contributed by atoms with Crippen molar-refractivity contribution in [3.63, 3.8) is 0 Å². The zero-order chi connectivity index (χ0) is 8.69. The molecule has 12 heavy (non-hydrogen) atoms. The number of hydrogen-bond acceptors (Lipinski definition) is 3. The molecule has 0 atom stereocenters. The normalized spacial score (nSPS) is 7.33. The molecule has 0 saturated heterocycles. The van der Waals surface area contributed by atoms with Gasteiger partial charge in [-0.25, -0.2) is 0 Å². The van der Waals surface area contributed by atoms with Gasteiger partial charge in [0.25, 0.3) is 0 Å². The molecule has 0 aliphatic heterocycles. The number of thiol groups is 1. The number of nitrogens with zero attached hydrogens (tertiary/aromatic N) is 2. The number of rotatable bonds is 3. The van der Waals surface area contributed by atoms with Crippen molar-refractivity contribution in [3.8, 4) is 12.1 Å². The maximum absolute atomic E-state index is 8.42. The van der Waals surface area contributed by atoms with Gasteiger partial charge < -0.3 is 1.43 Å². The molecule has 0 aliphatic carbocycles. The Labute approximate surface area is 123 Å². The van der Waals surface area contributed by atoms with Gasteiger partial charge in [-0.1, -0.05) is 13.3 Å². The van der Waals surface area contributed by atoms with Crippen LogP contribution in [0.1, 0.15) is 27.6 Å². The van der Waals surface area contributed by atoms with Crippen LogP contribution in [0.3, 0.4) is 0 Å². The first kappa shape index (κ1) is 15.2. The topological polar surface area (TPSA) is 47.6 Å². The van der Waals surface area contributed by atoms with E-state index in [1.165, 1.54) is 0 Å². The van der Waals surface area contributed by atoms with Crippen LogP contribution in [0.25, 0.3) is 0 Å². The Morgan fingerprint density at radius 1 is 1.42 bits per heavy atom. The van der Waals surface area contributed by atoms with Crippen molar-refractivity contribution < 1.29 is 52.8 Å². The second-order valence-corrected chi connectivity index (χ2v) is 2.69. The van der Waals surface area contributed by atoms with Crippen molar-refractivity contribution in [2.24, 2.45) is 0 Å². The summed E-state index contributed by atoms with van der Waals surface area (Å²) in [6.07, 6.45) is 2.76. The van der Waals surface area contributed by atoms with E-state index in [2.05, 4.69) is 19.6 Å². The Hall–Kier alpha value is 0.706. The summed E-state index contributed by atoms with van der Waals surface area (Å²) < 4.78 is 0. The summed E-state index contributed by atoms with van der Waals surface area (Å²) in [6, 6.07) is 3.61. The molecule has 0 heterocycles. The molecular formula is C8H11KN2S. The van der Waals surface area contributed by atoms with Crippen molar-refractivity contribution in [2.75, 3.05) is 0 Å². The van der Waals surface area contributed by atoms with Crippen LogP contribution in [0.5, 0.6) is 0 Å². The van der Waals surface area contributed by atoms with Crippen molar-refractivity contribution in [1.29, 1.82) is 10.5 Å². The largest absolute Gasteiger partial charge is 1.00 e. The molecule has 0 spiro atoms. The second kappa shape index (κ2) is 9.79. The number of hydrogen-bond donors (Lipinski definition) is 1. The molecule has 0 bridgehead atoms. The van der Waals surface area contributed by atoms with Crippen molar-refractivity contribution in [1.82, 2.24) is 0 Å². The van der Waals surface area contributed by atoms with Crippen molar-refractivity contribution in [3.05, 3.63) is 10.5 Å². The van der Waals surface area contributed by atoms with Crippen LogP contribution in [0.4, 0.5) is 0 Å². The minimum absolute atomic E-state index is 0. The minimum atomic E-state index is 0. The van der Waals surface area contributed by atoms with Gasteiger partial charge in [0.05, 0.1) is 0 Å². The standard InChI is InChI=1S/C8H10N2S.K.H/c1-2-3-4-8(11)7(5-9)6-10;;/h11H,2-4H2,1H3;;/q;+1;-1. The Balaban J connectivity index is -0.000000500. The molecule has 0 fully saturated rings. The van der Waals surface area contributed by atoms with Gasteiger partial charge >= 0.3 is 51.4 Å². The Morgan fingerprint density at radius 3 is 2.25 bits per heavy atom. The summed E-state index contributed by atoms with van der Waals surface area (Å²) in [5, 5.41) is 16.8. The monoisotopic (exact) mass is 206 g/mol. The smallest absolute Gasteiger partial charge is 1.00 e. The summed E-state index contributed by atoms with van der Waals surface area (Å²) in [5.41, 5.74) is 0.141. The summed E-state index contributed by atoms with van der Waals surface area (Å²) in [4.78, 5) is 0.608. The summed E-state index contributed by atoms with van der Waals surface area (Å²) in [6.45, 7) is 2.06. The molecule has 4 heteroatoms. The summed E-state index contributed by atoms with van der Waals surface area (Å²) in [7, 11) is 0. The fourth-order valence-corrected chi connectivity index (χ4v) is 0.881. The first-order chi connectivity index (χ1) is 5.26. The van der Waals surface area contributed by atoms with Gasteiger partial charge in [-0.2, -0.15) is 10.5 Å². The molecular weight excluding hydrogens is 195 g/mol. The Kier molecular flexibility index (Phi) is 12.4. The van der Waals surface area contributed by atoms with E-state index in [1.54, 1.807) is 12.1 Å². The van der Waals surface area contributed by atoms with Gasteiger partial charge in [0.2, 0.25) is 0 Å². The van der Waals surface area contributed by atoms with E-state index in [-0.39, 0.29) is 58.4 Å². The SMILES string of the molecule is CCCCC(S)=C(C#N)C#N.[H-].[K+]. The molecule has 2 nitrogen and oxygen atoms in total. The maximum Gasteiger partial charge on any atom is 1.00 e. The van der Waals surface area contributed by atoms with Gasteiger partial charge in [-0.15, -0.1) is 12.6 Å².